The van der Waals surface area contributed by atoms with E-state index in [2.05, 4.69) is 20.3 Å². The van der Waals surface area contributed by atoms with Gasteiger partial charge in [-0.2, -0.15) is 0 Å². The zero-order valence-electron chi connectivity index (χ0n) is 15.2. The number of amides is 1. The summed E-state index contributed by atoms with van der Waals surface area (Å²) in [6.07, 6.45) is 4.24. The van der Waals surface area contributed by atoms with Gasteiger partial charge in [0.2, 0.25) is 5.95 Å². The lowest BCUT2D eigenvalue weighted by Crippen LogP contribution is -2.30. The van der Waals surface area contributed by atoms with Gasteiger partial charge in [0.05, 0.1) is 10.7 Å². The van der Waals surface area contributed by atoms with E-state index in [1.165, 1.54) is 0 Å². The minimum Gasteiger partial charge on any atom is -0.340 e. The topological polar surface area (TPSA) is 71.0 Å². The second kappa shape index (κ2) is 8.60. The highest BCUT2D eigenvalue weighted by molar-refractivity contribution is 6.33. The highest BCUT2D eigenvalue weighted by Crippen LogP contribution is 2.23. The number of halogens is 1. The number of carbonyl (C=O) groups is 1. The molecule has 0 saturated heterocycles. The molecular weight excluding hydrogens is 362 g/mol. The van der Waals surface area contributed by atoms with Crippen molar-refractivity contribution in [2.24, 2.45) is 0 Å². The van der Waals surface area contributed by atoms with Gasteiger partial charge >= 0.3 is 0 Å². The van der Waals surface area contributed by atoms with Gasteiger partial charge in [-0.1, -0.05) is 23.7 Å². The first-order valence-corrected chi connectivity index (χ1v) is 8.92. The van der Waals surface area contributed by atoms with Crippen LogP contribution >= 0.6 is 11.6 Å². The van der Waals surface area contributed by atoms with Crippen LogP contribution in [-0.2, 0) is 6.42 Å². The Labute approximate surface area is 163 Å². The summed E-state index contributed by atoms with van der Waals surface area (Å²) in [5.41, 5.74) is 2.86. The zero-order chi connectivity index (χ0) is 19.2. The van der Waals surface area contributed by atoms with Crippen LogP contribution in [-0.4, -0.2) is 39.4 Å². The summed E-state index contributed by atoms with van der Waals surface area (Å²) in [5, 5.41) is 3.63. The number of carbonyl (C=O) groups excluding carboxylic acids is 1. The number of pyridine rings is 1. The Morgan fingerprint density at radius 1 is 1.15 bits per heavy atom. The fourth-order valence-electron chi connectivity index (χ4n) is 2.56. The van der Waals surface area contributed by atoms with Crippen LogP contribution < -0.4 is 5.32 Å². The van der Waals surface area contributed by atoms with Gasteiger partial charge in [0, 0.05) is 31.7 Å². The molecule has 3 rings (SSSR count). The molecule has 3 aromatic rings. The smallest absolute Gasteiger partial charge is 0.272 e. The van der Waals surface area contributed by atoms with Crippen LogP contribution in [0.2, 0.25) is 5.02 Å². The van der Waals surface area contributed by atoms with Gasteiger partial charge < -0.3 is 10.2 Å². The predicted molar refractivity (Wildman–Crippen MR) is 106 cm³/mol. The highest BCUT2D eigenvalue weighted by Gasteiger charge is 2.15. The summed E-state index contributed by atoms with van der Waals surface area (Å²) < 4.78 is 0. The average Bonchev–Trinajstić information content (AvgIpc) is 2.67. The fourth-order valence-corrected chi connectivity index (χ4v) is 2.74. The van der Waals surface area contributed by atoms with E-state index in [1.54, 1.807) is 36.5 Å². The Balaban J connectivity index is 1.72. The second-order valence-electron chi connectivity index (χ2n) is 6.16. The van der Waals surface area contributed by atoms with Crippen molar-refractivity contribution in [1.29, 1.82) is 0 Å². The van der Waals surface area contributed by atoms with Crippen molar-refractivity contribution in [3.63, 3.8) is 0 Å². The largest absolute Gasteiger partial charge is 0.340 e. The van der Waals surface area contributed by atoms with E-state index in [4.69, 9.17) is 11.6 Å². The summed E-state index contributed by atoms with van der Waals surface area (Å²) in [7, 11) is 1.77. The first-order chi connectivity index (χ1) is 13.0. The SMILES string of the molecule is Cc1cc(C(=O)N(C)CCc2ccncc2)nc(Nc2ccccc2Cl)n1. The maximum Gasteiger partial charge on any atom is 0.272 e. The number of hydrogen-bond donors (Lipinski definition) is 1. The van der Waals surface area contributed by atoms with Gasteiger partial charge in [0.15, 0.2) is 0 Å². The summed E-state index contributed by atoms with van der Waals surface area (Å²) in [6.45, 7) is 2.41. The van der Waals surface area contributed by atoms with Gasteiger partial charge in [0.25, 0.3) is 5.91 Å². The molecule has 0 aliphatic rings. The van der Waals surface area contributed by atoms with E-state index in [-0.39, 0.29) is 5.91 Å². The minimum atomic E-state index is -0.156. The molecule has 1 aromatic carbocycles. The Morgan fingerprint density at radius 2 is 1.89 bits per heavy atom. The Hall–Kier alpha value is -2.99. The number of aryl methyl sites for hydroxylation is 1. The Morgan fingerprint density at radius 3 is 2.63 bits per heavy atom. The van der Waals surface area contributed by atoms with E-state index in [0.29, 0.717) is 34.6 Å². The standard InChI is InChI=1S/C20H20ClN5O/c1-14-13-18(19(27)26(2)12-9-15-7-10-22-11-8-15)25-20(23-14)24-17-6-4-3-5-16(17)21/h3-8,10-11,13H,9,12H2,1-2H3,(H,23,24,25). The van der Waals surface area contributed by atoms with E-state index in [0.717, 1.165) is 12.0 Å². The van der Waals surface area contributed by atoms with Gasteiger partial charge in [-0.3, -0.25) is 9.78 Å². The average molecular weight is 382 g/mol. The zero-order valence-corrected chi connectivity index (χ0v) is 15.9. The number of nitrogens with one attached hydrogen (secondary N) is 1. The molecule has 7 heteroatoms. The van der Waals surface area contributed by atoms with Crippen molar-refractivity contribution in [1.82, 2.24) is 19.9 Å². The third-order valence-corrected chi connectivity index (χ3v) is 4.36. The molecule has 27 heavy (non-hydrogen) atoms. The summed E-state index contributed by atoms with van der Waals surface area (Å²) in [5.74, 6) is 0.186. The summed E-state index contributed by atoms with van der Waals surface area (Å²) in [6, 6.07) is 12.9. The number of hydrogen-bond acceptors (Lipinski definition) is 5. The molecule has 6 nitrogen and oxygen atoms in total. The minimum absolute atomic E-state index is 0.156. The molecule has 0 aliphatic heterocycles. The van der Waals surface area contributed by atoms with Gasteiger partial charge in [0.1, 0.15) is 5.69 Å². The van der Waals surface area contributed by atoms with Crippen LogP contribution in [0.4, 0.5) is 11.6 Å². The molecule has 0 radical (unpaired) electrons. The van der Waals surface area contributed by atoms with Gasteiger partial charge in [-0.25, -0.2) is 9.97 Å². The molecular formula is C20H20ClN5O. The van der Waals surface area contributed by atoms with Crippen LogP contribution in [0.1, 0.15) is 21.7 Å². The lowest BCUT2D eigenvalue weighted by Gasteiger charge is -2.17. The number of nitrogens with zero attached hydrogens (tertiary/aromatic N) is 4. The molecule has 1 N–H and O–H groups in total. The second-order valence-corrected chi connectivity index (χ2v) is 6.56. The highest BCUT2D eigenvalue weighted by atomic mass is 35.5. The van der Waals surface area contributed by atoms with E-state index >= 15 is 0 Å². The van der Waals surface area contributed by atoms with Crippen molar-refractivity contribution >= 4 is 29.1 Å². The molecule has 138 valence electrons. The monoisotopic (exact) mass is 381 g/mol. The molecule has 0 bridgehead atoms. The maximum atomic E-state index is 12.8. The number of para-hydroxylation sites is 1. The Bertz CT molecular complexity index is 933. The number of rotatable bonds is 6. The van der Waals surface area contributed by atoms with Crippen LogP contribution in [0.25, 0.3) is 0 Å². The van der Waals surface area contributed by atoms with Crippen molar-refractivity contribution in [2.45, 2.75) is 13.3 Å². The first kappa shape index (κ1) is 18.8. The maximum absolute atomic E-state index is 12.8. The third-order valence-electron chi connectivity index (χ3n) is 4.03. The fraction of sp³-hybridized carbons (Fsp3) is 0.200. The normalized spacial score (nSPS) is 10.5. The summed E-state index contributed by atoms with van der Waals surface area (Å²) in [4.78, 5) is 27.1. The van der Waals surface area contributed by atoms with Crippen molar-refractivity contribution < 1.29 is 4.79 Å². The van der Waals surface area contributed by atoms with Crippen LogP contribution in [0.15, 0.2) is 54.9 Å². The number of likely N-dealkylation sites (N-methyl/N-ethyl adjacent to an activating group) is 1. The molecule has 0 fully saturated rings. The molecule has 0 aliphatic carbocycles. The van der Waals surface area contributed by atoms with E-state index < -0.39 is 0 Å². The Kier molecular flexibility index (Phi) is 5.98. The lowest BCUT2D eigenvalue weighted by molar-refractivity contribution is 0.0790. The first-order valence-electron chi connectivity index (χ1n) is 8.54. The molecule has 0 spiro atoms. The van der Waals surface area contributed by atoms with Crippen molar-refractivity contribution in [2.75, 3.05) is 18.9 Å². The molecule has 0 atom stereocenters. The van der Waals surface area contributed by atoms with E-state index in [9.17, 15) is 4.79 Å². The molecule has 0 unspecified atom stereocenters. The number of benzene rings is 1. The van der Waals surface area contributed by atoms with Gasteiger partial charge in [-0.05, 0) is 49.2 Å². The summed E-state index contributed by atoms with van der Waals surface area (Å²) >= 11 is 6.17. The number of aromatic nitrogens is 3. The molecule has 0 saturated carbocycles. The molecule has 2 aromatic heterocycles. The molecule has 2 heterocycles. The lowest BCUT2D eigenvalue weighted by atomic mass is 10.2. The van der Waals surface area contributed by atoms with Crippen molar-refractivity contribution in [3.05, 3.63) is 76.8 Å². The van der Waals surface area contributed by atoms with Crippen LogP contribution in [0.5, 0.6) is 0 Å². The van der Waals surface area contributed by atoms with Crippen LogP contribution in [0.3, 0.4) is 0 Å². The third kappa shape index (κ3) is 5.01. The predicted octanol–water partition coefficient (Wildman–Crippen LogP) is 3.89. The molecule has 1 amide bonds. The van der Waals surface area contributed by atoms with Crippen molar-refractivity contribution in [3.8, 4) is 0 Å². The quantitative estimate of drug-likeness (QED) is 0.701. The van der Waals surface area contributed by atoms with Crippen LogP contribution in [0, 0.1) is 6.92 Å². The number of anilines is 2. The van der Waals surface area contributed by atoms with E-state index in [1.807, 2.05) is 37.3 Å². The van der Waals surface area contributed by atoms with Gasteiger partial charge in [-0.15, -0.1) is 0 Å².